The molecule has 2 N–H and O–H groups in total. The van der Waals surface area contributed by atoms with Gasteiger partial charge in [0.15, 0.2) is 11.5 Å². The van der Waals surface area contributed by atoms with E-state index in [1.165, 1.54) is 24.0 Å². The maximum Gasteiger partial charge on any atom is 0.161 e. The van der Waals surface area contributed by atoms with Crippen molar-refractivity contribution >= 4 is 0 Å². The van der Waals surface area contributed by atoms with Gasteiger partial charge >= 0.3 is 0 Å². The van der Waals surface area contributed by atoms with E-state index in [9.17, 15) is 0 Å². The van der Waals surface area contributed by atoms with Gasteiger partial charge in [0.2, 0.25) is 0 Å². The molecule has 2 aromatic carbocycles. The van der Waals surface area contributed by atoms with Gasteiger partial charge < -0.3 is 20.1 Å². The Hall–Kier alpha value is -2.04. The van der Waals surface area contributed by atoms with E-state index in [0.29, 0.717) is 6.61 Å². The first-order chi connectivity index (χ1) is 12.7. The van der Waals surface area contributed by atoms with Crippen LogP contribution in [0.4, 0.5) is 0 Å². The van der Waals surface area contributed by atoms with Gasteiger partial charge in [0, 0.05) is 6.54 Å². The molecule has 4 heteroatoms. The lowest BCUT2D eigenvalue weighted by molar-refractivity contribution is 0.284. The smallest absolute Gasteiger partial charge is 0.161 e. The summed E-state index contributed by atoms with van der Waals surface area (Å²) >= 11 is 0. The Morgan fingerprint density at radius 1 is 1.00 bits per heavy atom. The highest BCUT2D eigenvalue weighted by Crippen LogP contribution is 2.29. The highest BCUT2D eigenvalue weighted by molar-refractivity contribution is 5.43. The van der Waals surface area contributed by atoms with Crippen molar-refractivity contribution in [1.82, 2.24) is 10.6 Å². The summed E-state index contributed by atoms with van der Waals surface area (Å²) in [5, 5.41) is 6.99. The van der Waals surface area contributed by atoms with Gasteiger partial charge in [-0.1, -0.05) is 35.9 Å². The second-order valence-electron chi connectivity index (χ2n) is 7.08. The van der Waals surface area contributed by atoms with E-state index in [0.717, 1.165) is 49.2 Å². The molecule has 2 aromatic rings. The molecule has 0 atom stereocenters. The van der Waals surface area contributed by atoms with Gasteiger partial charge in [0.25, 0.3) is 0 Å². The number of hydrogen-bond acceptors (Lipinski definition) is 4. The quantitative estimate of drug-likeness (QED) is 0.759. The molecule has 4 nitrogen and oxygen atoms in total. The molecule has 0 amide bonds. The summed E-state index contributed by atoms with van der Waals surface area (Å²) in [4.78, 5) is 0. The summed E-state index contributed by atoms with van der Waals surface area (Å²) in [6, 6.07) is 14.6. The second-order valence-corrected chi connectivity index (χ2v) is 7.08. The van der Waals surface area contributed by atoms with E-state index in [4.69, 9.17) is 9.47 Å². The molecule has 1 aliphatic rings. The molecule has 0 spiro atoms. The fraction of sp³-hybridized carbons (Fsp3) is 0.455. The molecule has 1 saturated heterocycles. The van der Waals surface area contributed by atoms with Crippen LogP contribution in [0.1, 0.15) is 29.5 Å². The number of rotatable bonds is 8. The van der Waals surface area contributed by atoms with Gasteiger partial charge in [0.05, 0.1) is 7.11 Å². The minimum absolute atomic E-state index is 0.546. The van der Waals surface area contributed by atoms with Crippen LogP contribution < -0.4 is 20.1 Å². The number of nitrogens with one attached hydrogen (secondary N) is 2. The first-order valence-corrected chi connectivity index (χ1v) is 9.51. The van der Waals surface area contributed by atoms with E-state index >= 15 is 0 Å². The van der Waals surface area contributed by atoms with Crippen LogP contribution in [0.3, 0.4) is 0 Å². The molecule has 1 fully saturated rings. The van der Waals surface area contributed by atoms with Crippen LogP contribution in [0.5, 0.6) is 11.5 Å². The number of ether oxygens (including phenoxy) is 2. The van der Waals surface area contributed by atoms with Crippen molar-refractivity contribution in [1.29, 1.82) is 0 Å². The summed E-state index contributed by atoms with van der Waals surface area (Å²) < 4.78 is 11.5. The van der Waals surface area contributed by atoms with Crippen LogP contribution in [0, 0.1) is 12.8 Å². The molecule has 0 bridgehead atoms. The molecule has 1 heterocycles. The van der Waals surface area contributed by atoms with Crippen LogP contribution in [0.25, 0.3) is 0 Å². The fourth-order valence-corrected chi connectivity index (χ4v) is 3.29. The third kappa shape index (κ3) is 5.48. The van der Waals surface area contributed by atoms with Gasteiger partial charge in [0.1, 0.15) is 6.61 Å². The SMILES string of the molecule is COc1cc(CNCC2CCNCC2)ccc1OCc1ccc(C)cc1. The number of piperidine rings is 1. The minimum Gasteiger partial charge on any atom is -0.493 e. The van der Waals surface area contributed by atoms with Gasteiger partial charge in [-0.3, -0.25) is 0 Å². The summed E-state index contributed by atoms with van der Waals surface area (Å²) in [5.41, 5.74) is 3.64. The summed E-state index contributed by atoms with van der Waals surface area (Å²) in [5.74, 6) is 2.36. The lowest BCUT2D eigenvalue weighted by atomic mass is 9.98. The van der Waals surface area contributed by atoms with Crippen molar-refractivity contribution in [2.24, 2.45) is 5.92 Å². The minimum atomic E-state index is 0.546. The zero-order valence-electron chi connectivity index (χ0n) is 15.9. The third-order valence-corrected chi connectivity index (χ3v) is 4.96. The second kappa shape index (κ2) is 9.60. The lowest BCUT2D eigenvalue weighted by Crippen LogP contribution is -2.33. The zero-order valence-corrected chi connectivity index (χ0v) is 15.9. The lowest BCUT2D eigenvalue weighted by Gasteiger charge is -2.23. The van der Waals surface area contributed by atoms with E-state index in [-0.39, 0.29) is 0 Å². The predicted molar refractivity (Wildman–Crippen MR) is 106 cm³/mol. The fourth-order valence-electron chi connectivity index (χ4n) is 3.29. The van der Waals surface area contributed by atoms with Crippen LogP contribution >= 0.6 is 0 Å². The normalized spacial score (nSPS) is 15.0. The molecule has 1 aliphatic heterocycles. The topological polar surface area (TPSA) is 42.5 Å². The maximum absolute atomic E-state index is 5.96. The van der Waals surface area contributed by atoms with Crippen molar-refractivity contribution in [3.05, 3.63) is 59.2 Å². The zero-order chi connectivity index (χ0) is 18.2. The molecule has 140 valence electrons. The monoisotopic (exact) mass is 354 g/mol. The van der Waals surface area contributed by atoms with E-state index in [1.54, 1.807) is 7.11 Å². The Balaban J connectivity index is 1.52. The highest BCUT2D eigenvalue weighted by Gasteiger charge is 2.12. The van der Waals surface area contributed by atoms with E-state index in [2.05, 4.69) is 54.0 Å². The molecule has 0 aromatic heterocycles. The van der Waals surface area contributed by atoms with Crippen molar-refractivity contribution in [2.45, 2.75) is 32.9 Å². The molecule has 0 aliphatic carbocycles. The van der Waals surface area contributed by atoms with Crippen molar-refractivity contribution in [2.75, 3.05) is 26.7 Å². The summed E-state index contributed by atoms with van der Waals surface area (Å²) in [7, 11) is 1.69. The first kappa shape index (κ1) is 18.7. The average Bonchev–Trinajstić information content (AvgIpc) is 2.69. The number of benzene rings is 2. The number of methoxy groups -OCH3 is 1. The third-order valence-electron chi connectivity index (χ3n) is 4.96. The Bertz CT molecular complexity index is 679. The average molecular weight is 354 g/mol. The number of hydrogen-bond donors (Lipinski definition) is 2. The van der Waals surface area contributed by atoms with Crippen LogP contribution in [-0.2, 0) is 13.2 Å². The van der Waals surface area contributed by atoms with E-state index < -0.39 is 0 Å². The summed E-state index contributed by atoms with van der Waals surface area (Å²) in [6.45, 7) is 6.87. The molecule has 0 radical (unpaired) electrons. The van der Waals surface area contributed by atoms with Crippen LogP contribution in [0.2, 0.25) is 0 Å². The molecular formula is C22H30N2O2. The largest absolute Gasteiger partial charge is 0.493 e. The van der Waals surface area contributed by atoms with Crippen molar-refractivity contribution in [3.63, 3.8) is 0 Å². The molecule has 26 heavy (non-hydrogen) atoms. The number of aryl methyl sites for hydroxylation is 1. The van der Waals surface area contributed by atoms with E-state index in [1.807, 2.05) is 6.07 Å². The standard InChI is InChI=1S/C22H30N2O2/c1-17-3-5-19(6-4-17)16-26-21-8-7-20(13-22(21)25-2)15-24-14-18-9-11-23-12-10-18/h3-8,13,18,23-24H,9-12,14-16H2,1-2H3. The Morgan fingerprint density at radius 2 is 1.73 bits per heavy atom. The van der Waals surface area contributed by atoms with Crippen LogP contribution in [-0.4, -0.2) is 26.7 Å². The first-order valence-electron chi connectivity index (χ1n) is 9.51. The Kier molecular flexibility index (Phi) is 6.92. The highest BCUT2D eigenvalue weighted by atomic mass is 16.5. The maximum atomic E-state index is 5.96. The van der Waals surface area contributed by atoms with Gasteiger partial charge in [-0.05, 0) is 68.6 Å². The predicted octanol–water partition coefficient (Wildman–Crippen LogP) is 3.67. The molecular weight excluding hydrogens is 324 g/mol. The van der Waals surface area contributed by atoms with Crippen LogP contribution in [0.15, 0.2) is 42.5 Å². The summed E-state index contributed by atoms with van der Waals surface area (Å²) in [6.07, 6.45) is 2.53. The van der Waals surface area contributed by atoms with Gasteiger partial charge in [-0.15, -0.1) is 0 Å². The molecule has 0 saturated carbocycles. The van der Waals surface area contributed by atoms with Gasteiger partial charge in [-0.2, -0.15) is 0 Å². The van der Waals surface area contributed by atoms with Crippen molar-refractivity contribution in [3.8, 4) is 11.5 Å². The van der Waals surface area contributed by atoms with Gasteiger partial charge in [-0.25, -0.2) is 0 Å². The van der Waals surface area contributed by atoms with Crippen molar-refractivity contribution < 1.29 is 9.47 Å². The Labute approximate surface area is 156 Å². The molecule has 0 unspecified atom stereocenters. The molecule has 3 rings (SSSR count). The Morgan fingerprint density at radius 3 is 2.46 bits per heavy atom.